The molecular weight excluding hydrogens is 375 g/mol. The summed E-state index contributed by atoms with van der Waals surface area (Å²) in [5.74, 6) is -0.0208. The normalized spacial score (nSPS) is 14.8. The first-order chi connectivity index (χ1) is 14.0. The zero-order valence-electron chi connectivity index (χ0n) is 16.0. The van der Waals surface area contributed by atoms with Gasteiger partial charge in [0.05, 0.1) is 12.0 Å². The molecule has 0 spiro atoms. The SMILES string of the molecule is Cc1nccn1-c1ccc(NC(=O)C2CCN(C(=O)c3ccco3)CC2)cc1F. The smallest absolute Gasteiger partial charge is 0.289 e. The molecule has 3 aromatic rings. The van der Waals surface area contributed by atoms with Gasteiger partial charge in [0.15, 0.2) is 5.76 Å². The Balaban J connectivity index is 1.36. The van der Waals surface area contributed by atoms with Gasteiger partial charge in [-0.05, 0) is 50.1 Å². The van der Waals surface area contributed by atoms with Crippen LogP contribution in [0.3, 0.4) is 0 Å². The molecule has 150 valence electrons. The standard InChI is InChI=1S/C21H21FN4O3/c1-14-23-8-11-26(14)18-5-4-16(13-17(18)22)24-20(27)15-6-9-25(10-7-15)21(28)19-3-2-12-29-19/h2-5,8,11-13,15H,6-7,9-10H2,1H3,(H,24,27). The number of amides is 2. The molecule has 1 aromatic carbocycles. The maximum absolute atomic E-state index is 14.5. The van der Waals surface area contributed by atoms with Gasteiger partial charge in [0, 0.05) is 37.1 Å². The third-order valence-corrected chi connectivity index (χ3v) is 5.19. The Kier molecular flexibility index (Phi) is 5.16. The van der Waals surface area contributed by atoms with Gasteiger partial charge < -0.3 is 19.2 Å². The highest BCUT2D eigenvalue weighted by molar-refractivity contribution is 5.94. The van der Waals surface area contributed by atoms with Crippen molar-refractivity contribution in [2.45, 2.75) is 19.8 Å². The maximum atomic E-state index is 14.5. The number of anilines is 1. The number of imidazole rings is 1. The molecule has 1 fully saturated rings. The van der Waals surface area contributed by atoms with Crippen molar-refractivity contribution in [3.05, 3.63) is 66.4 Å². The molecule has 4 rings (SSSR count). The largest absolute Gasteiger partial charge is 0.459 e. The second-order valence-corrected chi connectivity index (χ2v) is 7.04. The van der Waals surface area contributed by atoms with E-state index in [2.05, 4.69) is 10.3 Å². The Morgan fingerprint density at radius 1 is 1.24 bits per heavy atom. The minimum atomic E-state index is -0.442. The van der Waals surface area contributed by atoms with Crippen LogP contribution in [0.4, 0.5) is 10.1 Å². The molecule has 0 aliphatic carbocycles. The molecule has 2 amide bonds. The second kappa shape index (κ2) is 7.90. The number of hydrogen-bond acceptors (Lipinski definition) is 4. The van der Waals surface area contributed by atoms with Gasteiger partial charge in [-0.2, -0.15) is 0 Å². The molecule has 29 heavy (non-hydrogen) atoms. The number of nitrogens with zero attached hydrogens (tertiary/aromatic N) is 3. The molecule has 1 saturated heterocycles. The Bertz CT molecular complexity index is 1020. The van der Waals surface area contributed by atoms with Gasteiger partial charge in [0.1, 0.15) is 11.6 Å². The van der Waals surface area contributed by atoms with Crippen LogP contribution in [-0.2, 0) is 4.79 Å². The quantitative estimate of drug-likeness (QED) is 0.733. The number of aryl methyl sites for hydroxylation is 1. The van der Waals surface area contributed by atoms with E-state index in [0.717, 1.165) is 0 Å². The summed E-state index contributed by atoms with van der Waals surface area (Å²) in [5.41, 5.74) is 0.783. The lowest BCUT2D eigenvalue weighted by Gasteiger charge is -2.30. The highest BCUT2D eigenvalue weighted by atomic mass is 19.1. The maximum Gasteiger partial charge on any atom is 0.289 e. The van der Waals surface area contributed by atoms with Gasteiger partial charge in [-0.1, -0.05) is 0 Å². The van der Waals surface area contributed by atoms with Crippen LogP contribution in [0, 0.1) is 18.7 Å². The van der Waals surface area contributed by atoms with E-state index < -0.39 is 5.82 Å². The highest BCUT2D eigenvalue weighted by Crippen LogP contribution is 2.23. The number of rotatable bonds is 4. The van der Waals surface area contributed by atoms with Gasteiger partial charge in [0.2, 0.25) is 5.91 Å². The monoisotopic (exact) mass is 396 g/mol. The predicted octanol–water partition coefficient (Wildman–Crippen LogP) is 3.40. The van der Waals surface area contributed by atoms with E-state index in [1.807, 2.05) is 0 Å². The number of aromatic nitrogens is 2. The second-order valence-electron chi connectivity index (χ2n) is 7.04. The molecule has 0 bridgehead atoms. The average Bonchev–Trinajstić information content (AvgIpc) is 3.40. The predicted molar refractivity (Wildman–Crippen MR) is 104 cm³/mol. The van der Waals surface area contributed by atoms with Crippen molar-refractivity contribution in [2.24, 2.45) is 5.92 Å². The van der Waals surface area contributed by atoms with Crippen LogP contribution in [-0.4, -0.2) is 39.4 Å². The van der Waals surface area contributed by atoms with Crippen LogP contribution < -0.4 is 5.32 Å². The van der Waals surface area contributed by atoms with E-state index in [9.17, 15) is 14.0 Å². The van der Waals surface area contributed by atoms with E-state index in [0.29, 0.717) is 48.9 Å². The number of likely N-dealkylation sites (tertiary alicyclic amines) is 1. The minimum Gasteiger partial charge on any atom is -0.459 e. The van der Waals surface area contributed by atoms with E-state index in [1.54, 1.807) is 53.0 Å². The number of benzene rings is 1. The number of carbonyl (C=O) groups is 2. The first-order valence-corrected chi connectivity index (χ1v) is 9.46. The first kappa shape index (κ1) is 18.9. The molecule has 0 unspecified atom stereocenters. The molecule has 2 aromatic heterocycles. The molecule has 1 aliphatic heterocycles. The van der Waals surface area contributed by atoms with Crippen molar-refractivity contribution in [2.75, 3.05) is 18.4 Å². The Hall–Kier alpha value is -3.42. The number of nitrogens with one attached hydrogen (secondary N) is 1. The van der Waals surface area contributed by atoms with Crippen molar-refractivity contribution in [1.82, 2.24) is 14.5 Å². The van der Waals surface area contributed by atoms with E-state index >= 15 is 0 Å². The van der Waals surface area contributed by atoms with Gasteiger partial charge in [0.25, 0.3) is 5.91 Å². The molecule has 7 nitrogen and oxygen atoms in total. The molecule has 1 N–H and O–H groups in total. The summed E-state index contributed by atoms with van der Waals surface area (Å²) in [4.78, 5) is 30.7. The zero-order chi connectivity index (χ0) is 20.4. The van der Waals surface area contributed by atoms with Gasteiger partial charge in [-0.3, -0.25) is 9.59 Å². The summed E-state index contributed by atoms with van der Waals surface area (Å²) >= 11 is 0. The molecule has 8 heteroatoms. The van der Waals surface area contributed by atoms with E-state index in [4.69, 9.17) is 4.42 Å². The van der Waals surface area contributed by atoms with Crippen molar-refractivity contribution in [3.8, 4) is 5.69 Å². The van der Waals surface area contributed by atoms with Crippen LogP contribution in [0.2, 0.25) is 0 Å². The minimum absolute atomic E-state index is 0.165. The molecule has 3 heterocycles. The van der Waals surface area contributed by atoms with Gasteiger partial charge in [-0.15, -0.1) is 0 Å². The Labute approximate surface area is 167 Å². The van der Waals surface area contributed by atoms with Gasteiger partial charge in [-0.25, -0.2) is 9.37 Å². The van der Waals surface area contributed by atoms with Crippen molar-refractivity contribution in [3.63, 3.8) is 0 Å². The number of carbonyl (C=O) groups excluding carboxylic acids is 2. The summed E-state index contributed by atoms with van der Waals surface area (Å²) in [6.07, 6.45) is 5.85. The number of halogens is 1. The zero-order valence-corrected chi connectivity index (χ0v) is 16.0. The number of hydrogen-bond donors (Lipinski definition) is 1. The van der Waals surface area contributed by atoms with Crippen LogP contribution >= 0.6 is 0 Å². The van der Waals surface area contributed by atoms with Crippen molar-refractivity contribution >= 4 is 17.5 Å². The third kappa shape index (κ3) is 3.91. The first-order valence-electron chi connectivity index (χ1n) is 9.46. The lowest BCUT2D eigenvalue weighted by Crippen LogP contribution is -2.41. The molecule has 0 atom stereocenters. The average molecular weight is 396 g/mol. The third-order valence-electron chi connectivity index (χ3n) is 5.19. The fraction of sp³-hybridized carbons (Fsp3) is 0.286. The molecule has 1 aliphatic rings. The van der Waals surface area contributed by atoms with Crippen LogP contribution in [0.1, 0.15) is 29.2 Å². The highest BCUT2D eigenvalue weighted by Gasteiger charge is 2.28. The topological polar surface area (TPSA) is 80.4 Å². The van der Waals surface area contributed by atoms with Crippen LogP contribution in [0.5, 0.6) is 0 Å². The van der Waals surface area contributed by atoms with Crippen LogP contribution in [0.15, 0.2) is 53.4 Å². The number of furan rings is 1. The van der Waals surface area contributed by atoms with Crippen molar-refractivity contribution < 1.29 is 18.4 Å². The lowest BCUT2D eigenvalue weighted by molar-refractivity contribution is -0.121. The van der Waals surface area contributed by atoms with E-state index in [1.165, 1.54) is 12.3 Å². The Morgan fingerprint density at radius 2 is 2.03 bits per heavy atom. The van der Waals surface area contributed by atoms with Crippen molar-refractivity contribution in [1.29, 1.82) is 0 Å². The van der Waals surface area contributed by atoms with Crippen LogP contribution in [0.25, 0.3) is 5.69 Å². The summed E-state index contributed by atoms with van der Waals surface area (Å²) in [6.45, 7) is 2.74. The van der Waals surface area contributed by atoms with E-state index in [-0.39, 0.29) is 17.7 Å². The Morgan fingerprint density at radius 3 is 2.66 bits per heavy atom. The molecule has 0 radical (unpaired) electrons. The molecule has 0 saturated carbocycles. The fourth-order valence-electron chi connectivity index (χ4n) is 3.56. The molecular formula is C21H21FN4O3. The summed E-state index contributed by atoms with van der Waals surface area (Å²) < 4.78 is 21.3. The summed E-state index contributed by atoms with van der Waals surface area (Å²) in [6, 6.07) is 7.90. The van der Waals surface area contributed by atoms with Gasteiger partial charge >= 0.3 is 0 Å². The fourth-order valence-corrected chi connectivity index (χ4v) is 3.56. The summed E-state index contributed by atoms with van der Waals surface area (Å²) in [7, 11) is 0. The summed E-state index contributed by atoms with van der Waals surface area (Å²) in [5, 5.41) is 2.79. The lowest BCUT2D eigenvalue weighted by atomic mass is 9.95. The number of piperidine rings is 1.